The predicted octanol–water partition coefficient (Wildman–Crippen LogP) is 6.51. The molecular weight excluding hydrogens is 416 g/mol. The summed E-state index contributed by atoms with van der Waals surface area (Å²) in [5.74, 6) is 0.892. The van der Waals surface area contributed by atoms with Crippen molar-refractivity contribution in [2.24, 2.45) is 33.4 Å². The van der Waals surface area contributed by atoms with Crippen molar-refractivity contribution in [3.8, 4) is 0 Å². The SMILES string of the molecule is C=C1C(CC)CC1(C)C(CCc1ccncc1)/C1=C/C(C(C)(C)CN)=N\C=C/C(C)=C\C=C\N1. The van der Waals surface area contributed by atoms with Gasteiger partial charge in [0.25, 0.3) is 0 Å². The summed E-state index contributed by atoms with van der Waals surface area (Å²) in [6, 6.07) is 4.23. The van der Waals surface area contributed by atoms with Crippen LogP contribution in [0.3, 0.4) is 0 Å². The minimum atomic E-state index is -0.244. The molecule has 2 heterocycles. The third kappa shape index (κ3) is 5.85. The molecule has 0 amide bonds. The Morgan fingerprint density at radius 3 is 2.68 bits per heavy atom. The van der Waals surface area contributed by atoms with Crippen molar-refractivity contribution in [2.75, 3.05) is 6.54 Å². The highest BCUT2D eigenvalue weighted by Crippen LogP contribution is 2.58. The summed E-state index contributed by atoms with van der Waals surface area (Å²) in [5.41, 5.74) is 12.0. The van der Waals surface area contributed by atoms with Gasteiger partial charge in [0.2, 0.25) is 0 Å². The molecule has 3 atom stereocenters. The largest absolute Gasteiger partial charge is 0.365 e. The number of hydrogen-bond acceptors (Lipinski definition) is 4. The fraction of sp³-hybridized carbons (Fsp3) is 0.467. The average molecular weight is 459 g/mol. The van der Waals surface area contributed by atoms with Crippen LogP contribution in [0.5, 0.6) is 0 Å². The molecule has 0 aromatic carbocycles. The highest BCUT2D eigenvalue weighted by Gasteiger charge is 2.49. The zero-order valence-corrected chi connectivity index (χ0v) is 21.6. The van der Waals surface area contributed by atoms with E-state index in [1.807, 2.05) is 30.9 Å². The summed E-state index contributed by atoms with van der Waals surface area (Å²) in [7, 11) is 0. The number of pyridine rings is 1. The van der Waals surface area contributed by atoms with Crippen molar-refractivity contribution in [2.45, 2.75) is 60.3 Å². The van der Waals surface area contributed by atoms with Crippen LogP contribution in [0.2, 0.25) is 0 Å². The van der Waals surface area contributed by atoms with Crippen molar-refractivity contribution >= 4 is 5.71 Å². The molecule has 0 bridgehead atoms. The Bertz CT molecular complexity index is 1010. The normalized spacial score (nSPS) is 30.7. The van der Waals surface area contributed by atoms with E-state index in [4.69, 9.17) is 10.7 Å². The first kappa shape index (κ1) is 25.9. The molecule has 1 aromatic rings. The Kier molecular flexibility index (Phi) is 8.48. The molecule has 0 saturated heterocycles. The molecule has 3 rings (SSSR count). The molecule has 1 aliphatic carbocycles. The lowest BCUT2D eigenvalue weighted by Gasteiger charge is -2.53. The van der Waals surface area contributed by atoms with Gasteiger partial charge in [-0.3, -0.25) is 9.98 Å². The summed E-state index contributed by atoms with van der Waals surface area (Å²) in [4.78, 5) is 9.08. The summed E-state index contributed by atoms with van der Waals surface area (Å²) in [6.45, 7) is 16.2. The van der Waals surface area contributed by atoms with Crippen molar-refractivity contribution in [3.63, 3.8) is 0 Å². The Morgan fingerprint density at radius 1 is 1.29 bits per heavy atom. The molecule has 3 N–H and O–H groups in total. The molecule has 1 fully saturated rings. The first-order valence-corrected chi connectivity index (χ1v) is 12.6. The number of aliphatic imine (C=N–C) groups is 1. The van der Waals surface area contributed by atoms with E-state index < -0.39 is 0 Å². The molecule has 1 aromatic heterocycles. The number of nitrogens with zero attached hydrogens (tertiary/aromatic N) is 2. The van der Waals surface area contributed by atoms with Gasteiger partial charge in [-0.2, -0.15) is 0 Å². The second-order valence-electron chi connectivity index (χ2n) is 10.6. The first-order valence-electron chi connectivity index (χ1n) is 12.6. The minimum absolute atomic E-state index is 0.0418. The summed E-state index contributed by atoms with van der Waals surface area (Å²) in [6.07, 6.45) is 20.5. The van der Waals surface area contributed by atoms with Crippen molar-refractivity contribution < 1.29 is 0 Å². The fourth-order valence-corrected chi connectivity index (χ4v) is 5.07. The highest BCUT2D eigenvalue weighted by atomic mass is 14.9. The van der Waals surface area contributed by atoms with Crippen LogP contribution < -0.4 is 11.1 Å². The second kappa shape index (κ2) is 11.1. The molecule has 182 valence electrons. The maximum absolute atomic E-state index is 6.19. The molecule has 3 unspecified atom stereocenters. The zero-order valence-electron chi connectivity index (χ0n) is 21.6. The summed E-state index contributed by atoms with van der Waals surface area (Å²) < 4.78 is 0. The van der Waals surface area contributed by atoms with Crippen LogP contribution in [-0.4, -0.2) is 17.2 Å². The van der Waals surface area contributed by atoms with Crippen molar-refractivity contribution in [1.29, 1.82) is 0 Å². The molecule has 34 heavy (non-hydrogen) atoms. The lowest BCUT2D eigenvalue weighted by molar-refractivity contribution is 0.110. The summed E-state index contributed by atoms with van der Waals surface area (Å²) in [5, 5.41) is 3.66. The molecule has 4 heteroatoms. The van der Waals surface area contributed by atoms with Crippen LogP contribution in [0.4, 0.5) is 0 Å². The molecular formula is C30H42N4. The first-order chi connectivity index (χ1) is 16.2. The van der Waals surface area contributed by atoms with Gasteiger partial charge in [0, 0.05) is 54.1 Å². The van der Waals surface area contributed by atoms with Crippen LogP contribution in [0.1, 0.15) is 59.4 Å². The lowest BCUT2D eigenvalue weighted by atomic mass is 9.52. The maximum Gasteiger partial charge on any atom is 0.0489 e. The van der Waals surface area contributed by atoms with Crippen LogP contribution in [0, 0.1) is 22.7 Å². The fourth-order valence-electron chi connectivity index (χ4n) is 5.07. The molecule has 4 nitrogen and oxygen atoms in total. The van der Waals surface area contributed by atoms with Crippen molar-refractivity contribution in [1.82, 2.24) is 10.3 Å². The van der Waals surface area contributed by atoms with Gasteiger partial charge in [-0.1, -0.05) is 45.9 Å². The summed E-state index contributed by atoms with van der Waals surface area (Å²) >= 11 is 0. The van der Waals surface area contributed by atoms with Crippen molar-refractivity contribution in [3.05, 3.63) is 90.2 Å². The number of nitrogens with one attached hydrogen (secondary N) is 1. The van der Waals surface area contributed by atoms with Gasteiger partial charge in [-0.05, 0) is 85.4 Å². The van der Waals surface area contributed by atoms with E-state index in [0.29, 0.717) is 12.5 Å². The van der Waals surface area contributed by atoms with Gasteiger partial charge in [-0.15, -0.1) is 0 Å². The van der Waals surface area contributed by atoms with E-state index in [1.54, 1.807) is 0 Å². The molecule has 0 spiro atoms. The maximum atomic E-state index is 6.19. The number of aryl methyl sites for hydroxylation is 1. The van der Waals surface area contributed by atoms with Crippen LogP contribution >= 0.6 is 0 Å². The Labute approximate surface area is 206 Å². The van der Waals surface area contributed by atoms with Crippen LogP contribution in [0.25, 0.3) is 0 Å². The van der Waals surface area contributed by atoms with Gasteiger partial charge in [-0.25, -0.2) is 0 Å². The van der Waals surface area contributed by atoms with E-state index in [2.05, 4.69) is 81.9 Å². The second-order valence-corrected chi connectivity index (χ2v) is 10.6. The topological polar surface area (TPSA) is 63.3 Å². The zero-order chi connectivity index (χ0) is 24.8. The molecule has 0 radical (unpaired) electrons. The average Bonchev–Trinajstić information content (AvgIpc) is 2.88. The third-order valence-corrected chi connectivity index (χ3v) is 7.76. The van der Waals surface area contributed by atoms with Gasteiger partial charge >= 0.3 is 0 Å². The lowest BCUT2D eigenvalue weighted by Crippen LogP contribution is -2.46. The van der Waals surface area contributed by atoms with Gasteiger partial charge in [0.1, 0.15) is 0 Å². The van der Waals surface area contributed by atoms with E-state index in [-0.39, 0.29) is 16.7 Å². The van der Waals surface area contributed by atoms with Gasteiger partial charge in [0.15, 0.2) is 0 Å². The highest BCUT2D eigenvalue weighted by molar-refractivity contribution is 6.00. The monoisotopic (exact) mass is 458 g/mol. The number of hydrogen-bond donors (Lipinski definition) is 2. The molecule has 2 aliphatic rings. The van der Waals surface area contributed by atoms with Crippen LogP contribution in [-0.2, 0) is 6.42 Å². The number of rotatable bonds is 8. The Morgan fingerprint density at radius 2 is 2.03 bits per heavy atom. The van der Waals surface area contributed by atoms with Gasteiger partial charge in [0.05, 0.1) is 0 Å². The number of allylic oxidation sites excluding steroid dienone is 7. The third-order valence-electron chi connectivity index (χ3n) is 7.76. The smallest absolute Gasteiger partial charge is 0.0489 e. The van der Waals surface area contributed by atoms with Crippen LogP contribution in [0.15, 0.2) is 89.6 Å². The van der Waals surface area contributed by atoms with Gasteiger partial charge < -0.3 is 11.1 Å². The molecule has 1 aliphatic heterocycles. The number of nitrogens with two attached hydrogens (primary N) is 1. The minimum Gasteiger partial charge on any atom is -0.365 e. The van der Waals surface area contributed by atoms with E-state index in [1.165, 1.54) is 16.8 Å². The Balaban J connectivity index is 2.06. The quantitative estimate of drug-likeness (QED) is 0.437. The van der Waals surface area contributed by atoms with E-state index in [0.717, 1.165) is 37.0 Å². The Hall–Kier alpha value is -2.72. The molecule has 1 saturated carbocycles. The van der Waals surface area contributed by atoms with E-state index in [9.17, 15) is 0 Å². The predicted molar refractivity (Wildman–Crippen MR) is 145 cm³/mol. The number of aromatic nitrogens is 1. The van der Waals surface area contributed by atoms with E-state index >= 15 is 0 Å². The standard InChI is InChI=1S/C30H42N4/c1-7-25-20-30(6,23(25)3)26(11-10-24-13-16-32-17-14-24)27-19-28(29(4,5)21-31)34-18-12-22(2)9-8-15-33-27/h8-9,12-19,25-26,33H,3,7,10-11,20-21,31H2,1-2,4-6H3/b15-8+,18-12-,22-9-,27-19-,34-28+.